The lowest BCUT2D eigenvalue weighted by molar-refractivity contribution is -0.146. The van der Waals surface area contributed by atoms with Crippen LogP contribution in [-0.2, 0) is 23.8 Å². The second-order valence-corrected chi connectivity index (χ2v) is 3.74. The molecule has 8 nitrogen and oxygen atoms in total. The Bertz CT molecular complexity index is 323. The van der Waals surface area contributed by atoms with E-state index in [0.29, 0.717) is 19.8 Å². The van der Waals surface area contributed by atoms with Gasteiger partial charge in [-0.05, 0) is 39.5 Å². The molecule has 1 unspecified atom stereocenters. The molecule has 0 bridgehead atoms. The third kappa shape index (κ3) is 25.9. The van der Waals surface area contributed by atoms with Gasteiger partial charge in [-0.25, -0.2) is 4.84 Å². The normalized spacial score (nSPS) is 9.96. The molecule has 0 aromatic heterocycles. The Kier molecular flexibility index (Phi) is 26.4. The van der Waals surface area contributed by atoms with Gasteiger partial charge in [-0.3, -0.25) is 9.59 Å². The maximum Gasteiger partial charge on any atom is 0.320 e. The van der Waals surface area contributed by atoms with Crippen molar-refractivity contribution in [3.05, 3.63) is 0 Å². The molecular weight excluding hydrogens is 328 g/mol. The summed E-state index contributed by atoms with van der Waals surface area (Å²) in [6.45, 7) is 8.44. The van der Waals surface area contributed by atoms with Crippen molar-refractivity contribution in [3.63, 3.8) is 0 Å². The van der Waals surface area contributed by atoms with Crippen molar-refractivity contribution in [2.24, 2.45) is 0 Å². The van der Waals surface area contributed by atoms with Crippen LogP contribution < -0.4 is 4.84 Å². The number of nitriles is 1. The molecule has 0 rings (SSSR count). The molecular formula is C14H27ClN2O6. The van der Waals surface area contributed by atoms with Crippen LogP contribution in [0.5, 0.6) is 0 Å². The highest BCUT2D eigenvalue weighted by atomic mass is 35.5. The number of nitrogens with one attached hydrogen (secondary N) is 1. The fourth-order valence-corrected chi connectivity index (χ4v) is 1.12. The molecule has 1 atom stereocenters. The van der Waals surface area contributed by atoms with Crippen LogP contribution in [0.2, 0.25) is 0 Å². The summed E-state index contributed by atoms with van der Waals surface area (Å²) in [6.07, 6.45) is -0.477. The third-order valence-electron chi connectivity index (χ3n) is 1.68. The molecule has 0 fully saturated rings. The minimum absolute atomic E-state index is 0.130. The number of halogens is 1. The Morgan fingerprint density at radius 2 is 1.61 bits per heavy atom. The van der Waals surface area contributed by atoms with Gasteiger partial charge in [-0.2, -0.15) is 5.26 Å². The summed E-state index contributed by atoms with van der Waals surface area (Å²) >= 11 is 5.31. The number of aliphatic hydroxyl groups is 1. The quantitative estimate of drug-likeness (QED) is 0.382. The summed E-state index contributed by atoms with van der Waals surface area (Å²) in [6, 6.07) is 1.68. The Morgan fingerprint density at radius 3 is 1.96 bits per heavy atom. The maximum absolute atomic E-state index is 10.9. The Labute approximate surface area is 142 Å². The average Bonchev–Trinajstić information content (AvgIpc) is 2.49. The number of hydrogen-bond acceptors (Lipinski definition) is 8. The molecule has 0 saturated heterocycles. The van der Waals surface area contributed by atoms with Gasteiger partial charge in [0.2, 0.25) is 0 Å². The number of carbonyl (C=O) groups is 2. The van der Waals surface area contributed by atoms with Gasteiger partial charge < -0.3 is 19.3 Å². The van der Waals surface area contributed by atoms with E-state index in [1.807, 2.05) is 6.92 Å². The Hall–Kier alpha value is -1.40. The van der Waals surface area contributed by atoms with Crippen molar-refractivity contribution in [2.75, 3.05) is 26.4 Å². The first-order chi connectivity index (χ1) is 11.0. The molecule has 23 heavy (non-hydrogen) atoms. The summed E-state index contributed by atoms with van der Waals surface area (Å²) in [5, 5.41) is 15.5. The van der Waals surface area contributed by atoms with Crippen LogP contribution in [0.25, 0.3) is 0 Å². The van der Waals surface area contributed by atoms with E-state index in [2.05, 4.69) is 9.57 Å². The predicted octanol–water partition coefficient (Wildman–Crippen LogP) is 1.51. The first-order valence-electron chi connectivity index (χ1n) is 7.23. The van der Waals surface area contributed by atoms with E-state index < -0.39 is 12.2 Å². The smallest absolute Gasteiger partial charge is 0.320 e. The van der Waals surface area contributed by atoms with Crippen molar-refractivity contribution in [3.8, 4) is 6.07 Å². The summed E-state index contributed by atoms with van der Waals surface area (Å²) in [5.41, 5.74) is 0. The van der Waals surface area contributed by atoms with Gasteiger partial charge in [0.1, 0.15) is 12.6 Å². The molecule has 0 aliphatic carbocycles. The second kappa shape index (κ2) is 22.9. The van der Waals surface area contributed by atoms with Crippen molar-refractivity contribution in [1.82, 2.24) is 4.84 Å². The molecule has 2 N–H and O–H groups in total. The number of ether oxygens (including phenoxy) is 3. The molecule has 0 aromatic rings. The van der Waals surface area contributed by atoms with Crippen LogP contribution in [0.3, 0.4) is 0 Å². The van der Waals surface area contributed by atoms with Crippen LogP contribution in [-0.4, -0.2) is 49.7 Å². The molecule has 9 heteroatoms. The van der Waals surface area contributed by atoms with E-state index >= 15 is 0 Å². The van der Waals surface area contributed by atoms with Gasteiger partial charge in [0.25, 0.3) is 0 Å². The fraction of sp³-hybridized carbons (Fsp3) is 0.786. The SMILES string of the molecule is CCO.CCOC(=O)CC#N.CCOC(=O)CC(NCl)OCC. The number of esters is 2. The molecule has 0 aliphatic heterocycles. The summed E-state index contributed by atoms with van der Waals surface area (Å²) in [5.74, 6) is -0.765. The molecule has 0 aliphatic rings. The summed E-state index contributed by atoms with van der Waals surface area (Å²) < 4.78 is 14.2. The van der Waals surface area contributed by atoms with Crippen LogP contribution >= 0.6 is 11.8 Å². The van der Waals surface area contributed by atoms with Gasteiger partial charge in [-0.1, -0.05) is 0 Å². The van der Waals surface area contributed by atoms with Gasteiger partial charge in [-0.15, -0.1) is 0 Å². The lowest BCUT2D eigenvalue weighted by Gasteiger charge is -2.12. The first-order valence-corrected chi connectivity index (χ1v) is 7.61. The largest absolute Gasteiger partial charge is 0.466 e. The second-order valence-electron chi connectivity index (χ2n) is 3.52. The van der Waals surface area contributed by atoms with E-state index in [-0.39, 0.29) is 25.4 Å². The molecule has 0 aromatic carbocycles. The zero-order valence-electron chi connectivity index (χ0n) is 14.1. The Balaban J connectivity index is -0.000000313. The van der Waals surface area contributed by atoms with Crippen molar-refractivity contribution < 1.29 is 28.9 Å². The van der Waals surface area contributed by atoms with Crippen LogP contribution in [0.4, 0.5) is 0 Å². The van der Waals surface area contributed by atoms with E-state index in [4.69, 9.17) is 31.6 Å². The summed E-state index contributed by atoms with van der Waals surface area (Å²) in [4.78, 5) is 23.4. The van der Waals surface area contributed by atoms with Crippen LogP contribution in [0.15, 0.2) is 0 Å². The predicted molar refractivity (Wildman–Crippen MR) is 85.3 cm³/mol. The fourth-order valence-electron chi connectivity index (χ4n) is 0.978. The number of nitrogens with zero attached hydrogens (tertiary/aromatic N) is 1. The minimum atomic E-state index is -0.462. The zero-order chi connectivity index (χ0) is 18.5. The number of rotatable bonds is 8. The zero-order valence-corrected chi connectivity index (χ0v) is 14.9. The average molecular weight is 355 g/mol. The van der Waals surface area contributed by atoms with Gasteiger partial charge in [0.05, 0.1) is 25.7 Å². The molecule has 0 radical (unpaired) electrons. The molecule has 0 amide bonds. The number of aliphatic hydroxyl groups excluding tert-OH is 1. The topological polar surface area (TPSA) is 118 Å². The first kappa shape index (κ1) is 26.5. The highest BCUT2D eigenvalue weighted by Crippen LogP contribution is 1.98. The van der Waals surface area contributed by atoms with Crippen molar-refractivity contribution in [1.29, 1.82) is 5.26 Å². The molecule has 0 heterocycles. The highest BCUT2D eigenvalue weighted by molar-refractivity contribution is 6.13. The Morgan fingerprint density at radius 1 is 1.13 bits per heavy atom. The monoisotopic (exact) mass is 354 g/mol. The number of carbonyl (C=O) groups excluding carboxylic acids is 2. The van der Waals surface area contributed by atoms with E-state index in [0.717, 1.165) is 0 Å². The lowest BCUT2D eigenvalue weighted by Crippen LogP contribution is -2.28. The van der Waals surface area contributed by atoms with Crippen molar-refractivity contribution in [2.45, 2.75) is 46.8 Å². The van der Waals surface area contributed by atoms with Crippen LogP contribution in [0, 0.1) is 11.3 Å². The lowest BCUT2D eigenvalue weighted by atomic mass is 10.4. The van der Waals surface area contributed by atoms with Crippen molar-refractivity contribution >= 4 is 23.7 Å². The summed E-state index contributed by atoms with van der Waals surface area (Å²) in [7, 11) is 0. The van der Waals surface area contributed by atoms with E-state index in [1.54, 1.807) is 26.8 Å². The van der Waals surface area contributed by atoms with Gasteiger partial charge >= 0.3 is 11.9 Å². The highest BCUT2D eigenvalue weighted by Gasteiger charge is 2.12. The van der Waals surface area contributed by atoms with Crippen LogP contribution in [0.1, 0.15) is 40.5 Å². The molecule has 0 spiro atoms. The minimum Gasteiger partial charge on any atom is -0.466 e. The van der Waals surface area contributed by atoms with E-state index in [1.165, 1.54) is 0 Å². The molecule has 136 valence electrons. The van der Waals surface area contributed by atoms with Gasteiger partial charge in [0, 0.05) is 13.2 Å². The third-order valence-corrected chi connectivity index (χ3v) is 1.92. The number of hydrogen-bond donors (Lipinski definition) is 2. The van der Waals surface area contributed by atoms with E-state index in [9.17, 15) is 9.59 Å². The molecule has 0 saturated carbocycles. The maximum atomic E-state index is 10.9. The van der Waals surface area contributed by atoms with Gasteiger partial charge in [0.15, 0.2) is 0 Å². The standard InChI is InChI=1S/C7H14ClNO3.C5H7NO2.C2H6O/c1-3-11-6(9-8)5-7(10)12-4-2;1-2-8-5(7)3-4-6;1-2-3/h6,9H,3-5H2,1-2H3;2-3H2,1H3;3H,2H2,1H3.